The van der Waals surface area contributed by atoms with Gasteiger partial charge < -0.3 is 34.6 Å². The summed E-state index contributed by atoms with van der Waals surface area (Å²) in [5, 5.41) is 26.4. The smallest absolute Gasteiger partial charge is 0.545 e. The van der Waals surface area contributed by atoms with Crippen LogP contribution in [0.4, 0.5) is 10.1 Å². The van der Waals surface area contributed by atoms with Crippen LogP contribution in [-0.4, -0.2) is 87.5 Å². The Morgan fingerprint density at radius 3 is 2.43 bits per heavy atom. The first kappa shape index (κ1) is 40.3. The fourth-order valence-corrected chi connectivity index (χ4v) is 9.95. The third kappa shape index (κ3) is 7.36. The quantitative estimate of drug-likeness (QED) is 0.165. The minimum Gasteiger partial charge on any atom is -0.545 e. The molecule has 0 unspecified atom stereocenters. The van der Waals surface area contributed by atoms with Gasteiger partial charge in [-0.2, -0.15) is 0 Å². The van der Waals surface area contributed by atoms with Crippen molar-refractivity contribution >= 4 is 63.7 Å². The predicted molar refractivity (Wildman–Crippen MR) is 183 cm³/mol. The fraction of sp³-hybridized carbons (Fsp3) is 0.417. The number of amides is 2. The number of hydrogen-bond acceptors (Lipinski definition) is 10. The van der Waals surface area contributed by atoms with E-state index in [1.54, 1.807) is 4.57 Å². The molecule has 2 aromatic carbocycles. The van der Waals surface area contributed by atoms with Gasteiger partial charge >= 0.3 is 59.1 Å². The van der Waals surface area contributed by atoms with E-state index in [9.17, 15) is 34.2 Å². The van der Waals surface area contributed by atoms with Crippen molar-refractivity contribution in [2.75, 3.05) is 36.8 Å². The molecule has 3 aromatic rings. The zero-order valence-electron chi connectivity index (χ0n) is 29.3. The number of β-lactam (4-membered cyclic amide) rings is 1. The maximum atomic E-state index is 15.9. The van der Waals surface area contributed by atoms with E-state index in [0.717, 1.165) is 37.3 Å². The van der Waals surface area contributed by atoms with Crippen LogP contribution in [0.15, 0.2) is 58.7 Å². The topological polar surface area (TPSA) is 158 Å². The Bertz CT molecular complexity index is 2100. The Morgan fingerprint density at radius 2 is 1.75 bits per heavy atom. The summed E-state index contributed by atoms with van der Waals surface area (Å²) >= 11 is 8.32. The maximum Gasteiger partial charge on any atom is 1.00 e. The number of nitrogens with one attached hydrogen (secondary N) is 1. The van der Waals surface area contributed by atoms with E-state index < -0.39 is 46.1 Å². The van der Waals surface area contributed by atoms with Gasteiger partial charge in [0.15, 0.2) is 5.43 Å². The van der Waals surface area contributed by atoms with Crippen molar-refractivity contribution in [3.63, 3.8) is 0 Å². The van der Waals surface area contributed by atoms with Gasteiger partial charge in [0.2, 0.25) is 5.91 Å². The van der Waals surface area contributed by atoms with Gasteiger partial charge in [-0.05, 0) is 55.3 Å². The molecule has 12 nitrogen and oxygen atoms in total. The Balaban J connectivity index is 0.00000240. The van der Waals surface area contributed by atoms with E-state index in [0.29, 0.717) is 36.5 Å². The number of thioether (sulfide) groups is 1. The van der Waals surface area contributed by atoms with Crippen LogP contribution in [-0.2, 0) is 20.8 Å². The molecule has 5 aliphatic rings. The molecule has 1 N–H and O–H groups in total. The van der Waals surface area contributed by atoms with E-state index in [4.69, 9.17) is 11.6 Å². The number of halogens is 2. The number of carboxylic acid groups (broad SMARTS) is 2. The minimum absolute atomic E-state index is 0. The van der Waals surface area contributed by atoms with Crippen LogP contribution in [0.2, 0.25) is 5.02 Å². The zero-order valence-corrected chi connectivity index (χ0v) is 34.9. The second-order valence-corrected chi connectivity index (χ2v) is 15.4. The number of carbonyl (C=O) groups excluding carboxylic acids is 4. The minimum atomic E-state index is -1.63. The van der Waals surface area contributed by atoms with Crippen molar-refractivity contribution in [3.05, 3.63) is 86.1 Å². The number of aliphatic carboxylic acids is 1. The average Bonchev–Trinajstić information content (AvgIpc) is 3.86. The molecular formula is C36H33ClFN5Na2O7S. The molecule has 4 fully saturated rings. The van der Waals surface area contributed by atoms with Gasteiger partial charge in [0.25, 0.3) is 5.91 Å². The predicted octanol–water partition coefficient (Wildman–Crippen LogP) is -4.95. The third-order valence-electron chi connectivity index (χ3n) is 10.7. The first-order chi connectivity index (χ1) is 24.5. The molecule has 4 atom stereocenters. The number of carboxylic acids is 2. The number of aromatic nitrogens is 1. The number of likely N-dealkylation sites (tertiary alicyclic amines) is 1. The summed E-state index contributed by atoms with van der Waals surface area (Å²) in [5.74, 6) is -4.19. The van der Waals surface area contributed by atoms with Gasteiger partial charge in [-0.25, -0.2) is 4.39 Å². The van der Waals surface area contributed by atoms with E-state index in [-0.39, 0.29) is 118 Å². The fourth-order valence-electron chi connectivity index (χ4n) is 8.20. The molecule has 53 heavy (non-hydrogen) atoms. The van der Waals surface area contributed by atoms with E-state index >= 15 is 4.39 Å². The largest absolute Gasteiger partial charge is 1.00 e. The number of anilines is 1. The summed E-state index contributed by atoms with van der Waals surface area (Å²) < 4.78 is 17.6. The number of piperidine rings is 1. The number of rotatable bonds is 9. The van der Waals surface area contributed by atoms with Gasteiger partial charge in [-0.15, -0.1) is 11.8 Å². The van der Waals surface area contributed by atoms with Crippen molar-refractivity contribution in [1.82, 2.24) is 19.7 Å². The number of benzene rings is 2. The Labute approximate surface area is 357 Å². The second-order valence-electron chi connectivity index (χ2n) is 13.9. The molecule has 1 aromatic heterocycles. The molecular weight excluding hydrogens is 747 g/mol. The van der Waals surface area contributed by atoms with Gasteiger partial charge in [-0.1, -0.05) is 41.9 Å². The number of aromatic carboxylic acids is 1. The van der Waals surface area contributed by atoms with Crippen LogP contribution >= 0.6 is 23.4 Å². The van der Waals surface area contributed by atoms with Crippen LogP contribution in [0, 0.1) is 11.7 Å². The Hall–Kier alpha value is -2.40. The molecule has 8 rings (SSSR count). The van der Waals surface area contributed by atoms with Crippen LogP contribution in [0.1, 0.15) is 47.6 Å². The first-order valence-electron chi connectivity index (χ1n) is 17.0. The van der Waals surface area contributed by atoms with Crippen LogP contribution < -0.4 is 85.0 Å². The van der Waals surface area contributed by atoms with Crippen molar-refractivity contribution in [1.29, 1.82) is 0 Å². The van der Waals surface area contributed by atoms with Crippen LogP contribution in [0.25, 0.3) is 10.9 Å². The van der Waals surface area contributed by atoms with Crippen molar-refractivity contribution in [3.8, 4) is 0 Å². The van der Waals surface area contributed by atoms with Crippen molar-refractivity contribution in [2.24, 2.45) is 5.92 Å². The normalized spacial score (nSPS) is 23.8. The van der Waals surface area contributed by atoms with Crippen molar-refractivity contribution < 1.29 is 92.9 Å². The standard InChI is InChI=1S/C36H35ClFN5O7S.2Na/c37-27-30-22(32(45)23(35(47)48)15-42(30)21-8-9-21)12-24(38)31(27)41-13-19-7-4-10-40(25(19)16-41)14-20-17-51-34-28(33(46)43(34)29(20)36(49)50)39-26(44)11-18-5-2-1-3-6-18;;/h1-3,5-6,12,15,19,21,25,28,34H,4,7-11,13-14,16-17H2,(H,39,44)(H,47,48)(H,49,50);;/q;2*+1/p-2/t19-,25+,28+,34+;;/m0../s1. The zero-order chi connectivity index (χ0) is 35.7. The summed E-state index contributed by atoms with van der Waals surface area (Å²) in [7, 11) is 0. The molecule has 5 heterocycles. The van der Waals surface area contributed by atoms with E-state index in [1.807, 2.05) is 35.2 Å². The monoisotopic (exact) mass is 779 g/mol. The Morgan fingerprint density at radius 1 is 1.02 bits per heavy atom. The van der Waals surface area contributed by atoms with Gasteiger partial charge in [0.1, 0.15) is 17.2 Å². The van der Waals surface area contributed by atoms with Crippen LogP contribution in [0.3, 0.4) is 0 Å². The number of nitrogens with zero attached hydrogens (tertiary/aromatic N) is 4. The molecule has 1 saturated carbocycles. The van der Waals surface area contributed by atoms with E-state index in [2.05, 4.69) is 10.2 Å². The maximum absolute atomic E-state index is 15.9. The summed E-state index contributed by atoms with van der Waals surface area (Å²) in [6.07, 6.45) is 4.58. The van der Waals surface area contributed by atoms with Gasteiger partial charge in [-0.3, -0.25) is 24.2 Å². The summed E-state index contributed by atoms with van der Waals surface area (Å²) in [6, 6.07) is 9.22. The first-order valence-corrected chi connectivity index (χ1v) is 18.4. The average molecular weight is 780 g/mol. The molecule has 17 heteroatoms. The molecule has 266 valence electrons. The molecule has 3 saturated heterocycles. The number of pyridine rings is 1. The molecule has 1 aliphatic carbocycles. The molecule has 2 amide bonds. The number of fused-ring (bicyclic) bond motifs is 3. The molecule has 0 spiro atoms. The summed E-state index contributed by atoms with van der Waals surface area (Å²) in [4.78, 5) is 68.5. The molecule has 0 radical (unpaired) electrons. The summed E-state index contributed by atoms with van der Waals surface area (Å²) in [5.41, 5.74) is 0.239. The second kappa shape index (κ2) is 16.0. The van der Waals surface area contributed by atoms with E-state index in [1.165, 1.54) is 22.9 Å². The van der Waals surface area contributed by atoms with Gasteiger partial charge in [0, 0.05) is 43.7 Å². The van der Waals surface area contributed by atoms with Gasteiger partial charge in [0.05, 0.1) is 51.2 Å². The van der Waals surface area contributed by atoms with Crippen molar-refractivity contribution in [2.45, 2.75) is 55.6 Å². The summed E-state index contributed by atoms with van der Waals surface area (Å²) in [6.45, 7) is 1.81. The number of hydrogen-bond donors (Lipinski definition) is 1. The molecule has 4 aliphatic heterocycles. The van der Waals surface area contributed by atoms with Crippen LogP contribution in [0.5, 0.6) is 0 Å². The SMILES string of the molecule is O=C(Cc1ccccc1)N[C@@H]1C(=O)N2C(C(=O)[O-])=C(CN3CCC[C@H]4CN(c5c(F)cc6c(=O)c(C(=O)[O-])cn(C7CC7)c6c5Cl)C[C@H]43)CS[C@H]12.[Na+].[Na+]. The third-order valence-corrected chi connectivity index (χ3v) is 12.4. The number of carbonyl (C=O) groups is 4. The molecule has 0 bridgehead atoms. The Kier molecular flexibility index (Phi) is 12.1.